The van der Waals surface area contributed by atoms with E-state index in [9.17, 15) is 61.5 Å². The number of amides is 2. The number of hydrazine groups is 1. The van der Waals surface area contributed by atoms with Crippen molar-refractivity contribution in [2.45, 2.75) is 33.9 Å². The summed E-state index contributed by atoms with van der Waals surface area (Å²) in [6, 6.07) is 12.5. The van der Waals surface area contributed by atoms with Crippen LogP contribution in [0.3, 0.4) is 0 Å². The van der Waals surface area contributed by atoms with Gasteiger partial charge in [0, 0.05) is 23.3 Å². The molecule has 286 valence electrons. The Morgan fingerprint density at radius 1 is 0.593 bits per heavy atom. The smallest absolute Gasteiger partial charge is 0.294 e. The summed E-state index contributed by atoms with van der Waals surface area (Å²) in [5.74, 6) is -2.38. The van der Waals surface area contributed by atoms with Gasteiger partial charge in [0.25, 0.3) is 52.3 Å². The number of carbonyl (C=O) groups is 2. The molecular weight excluding hydrogens is 791 g/mol. The Balaban J connectivity index is 1.47. The Kier molecular flexibility index (Phi) is 10.7. The van der Waals surface area contributed by atoms with E-state index in [0.717, 1.165) is 64.6 Å². The van der Waals surface area contributed by atoms with E-state index in [1.54, 1.807) is 30.9 Å². The minimum Gasteiger partial charge on any atom is -0.343 e. The van der Waals surface area contributed by atoms with Gasteiger partial charge in [-0.2, -0.15) is 33.7 Å². The molecule has 1 fully saturated rings. The van der Waals surface area contributed by atoms with Crippen LogP contribution in [-0.2, 0) is 55.5 Å². The number of benzene rings is 3. The molecule has 0 aromatic heterocycles. The second kappa shape index (κ2) is 14.3. The molecule has 5 rings (SSSR count). The van der Waals surface area contributed by atoms with Crippen molar-refractivity contribution in [3.63, 3.8) is 0 Å². The van der Waals surface area contributed by atoms with E-state index < -0.39 is 73.2 Å². The van der Waals surface area contributed by atoms with E-state index in [0.29, 0.717) is 16.9 Å². The lowest BCUT2D eigenvalue weighted by atomic mass is 9.83. The van der Waals surface area contributed by atoms with Crippen molar-refractivity contribution in [1.82, 2.24) is 0 Å². The maximum Gasteiger partial charge on any atom is 0.294 e. The number of rotatable bonds is 11. The third-order valence-electron chi connectivity index (χ3n) is 8.39. The second-order valence-electron chi connectivity index (χ2n) is 12.3. The van der Waals surface area contributed by atoms with Crippen LogP contribution < -0.4 is 14.9 Å². The molecule has 1 saturated heterocycles. The van der Waals surface area contributed by atoms with Gasteiger partial charge in [0.15, 0.2) is 0 Å². The standard InChI is InChI=1S/C33H31N3O14S4/c1-33(2)28-21-26(54(48,49)50)17-18-29(28)34(19-20-51(39,40)41)30(33)8-6-4-3-5-7-27-31(37)35(22-9-13-24(14-10-22)52(42,43)44)36(32(27)38)23-11-15-25(16-12-23)53(45,46)47/h3-18,21H,19-20H2,1-2H3,(H,39,40,41)(H,42,43,44)(H,45,46,47)(H,48,49,50)/b5-3+,6-4+,30-8+. The maximum atomic E-state index is 13.6. The number of allylic oxidation sites excluding steroid dienone is 7. The highest BCUT2D eigenvalue weighted by molar-refractivity contribution is 7.86. The van der Waals surface area contributed by atoms with Gasteiger partial charge in [0.1, 0.15) is 5.57 Å². The van der Waals surface area contributed by atoms with Gasteiger partial charge in [-0.25, -0.2) is 10.0 Å². The SMILES string of the molecule is CC1(C)\C(=C/C=C/C=C/C=C2C(=O)N(c3ccc(S(=O)(=O)O)cc3)N(c3ccc(S(=O)(=O)O)cc3)C2=O)N(CCS(=O)(=O)O)c2ccc(S(=O)(=O)O)cc21. The van der Waals surface area contributed by atoms with Crippen molar-refractivity contribution in [2.24, 2.45) is 0 Å². The topological polar surface area (TPSA) is 261 Å². The maximum absolute atomic E-state index is 13.6. The molecule has 0 radical (unpaired) electrons. The van der Waals surface area contributed by atoms with E-state index in [4.69, 9.17) is 0 Å². The molecule has 2 aliphatic heterocycles. The lowest BCUT2D eigenvalue weighted by molar-refractivity contribution is -0.116. The van der Waals surface area contributed by atoms with E-state index in [2.05, 4.69) is 0 Å². The van der Waals surface area contributed by atoms with E-state index in [1.165, 1.54) is 36.4 Å². The predicted octanol–water partition coefficient (Wildman–Crippen LogP) is 3.33. The summed E-state index contributed by atoms with van der Waals surface area (Å²) in [6.45, 7) is 3.29. The van der Waals surface area contributed by atoms with Crippen LogP contribution in [-0.4, -0.2) is 76.0 Å². The third-order valence-corrected chi connectivity index (χ3v) is 11.7. The molecule has 0 bridgehead atoms. The van der Waals surface area contributed by atoms with Crippen LogP contribution in [0.2, 0.25) is 0 Å². The summed E-state index contributed by atoms with van der Waals surface area (Å²) in [5, 5.41) is 1.79. The fraction of sp³-hybridized carbons (Fsp3) is 0.152. The normalized spacial score (nSPS) is 17.4. The molecular formula is C33H31N3O14S4. The first-order chi connectivity index (χ1) is 24.9. The second-order valence-corrected chi connectivity index (χ2v) is 18.1. The molecule has 2 amide bonds. The molecule has 2 aliphatic rings. The number of fused-ring (bicyclic) bond motifs is 1. The summed E-state index contributed by atoms with van der Waals surface area (Å²) in [6.07, 6.45) is 8.66. The van der Waals surface area contributed by atoms with Crippen molar-refractivity contribution in [1.29, 1.82) is 0 Å². The van der Waals surface area contributed by atoms with Gasteiger partial charge < -0.3 is 4.90 Å². The zero-order valence-electron chi connectivity index (χ0n) is 28.1. The lowest BCUT2D eigenvalue weighted by Gasteiger charge is -2.27. The first-order valence-corrected chi connectivity index (χ1v) is 21.3. The summed E-state index contributed by atoms with van der Waals surface area (Å²) in [7, 11) is -18.1. The van der Waals surface area contributed by atoms with Gasteiger partial charge in [-0.3, -0.25) is 27.8 Å². The molecule has 4 N–H and O–H groups in total. The van der Waals surface area contributed by atoms with Crippen LogP contribution in [0.25, 0.3) is 0 Å². The van der Waals surface area contributed by atoms with Crippen molar-refractivity contribution in [3.05, 3.63) is 120 Å². The van der Waals surface area contributed by atoms with Crippen LogP contribution in [0.1, 0.15) is 19.4 Å². The Morgan fingerprint density at radius 3 is 1.44 bits per heavy atom. The number of anilines is 3. The highest BCUT2D eigenvalue weighted by Gasteiger charge is 2.43. The van der Waals surface area contributed by atoms with Gasteiger partial charge in [0.2, 0.25) is 0 Å². The third kappa shape index (κ3) is 8.37. The molecule has 54 heavy (non-hydrogen) atoms. The molecule has 2 heterocycles. The molecule has 21 heteroatoms. The Labute approximate surface area is 310 Å². The van der Waals surface area contributed by atoms with Crippen LogP contribution in [0.5, 0.6) is 0 Å². The monoisotopic (exact) mass is 821 g/mol. The Morgan fingerprint density at radius 2 is 1.02 bits per heavy atom. The first-order valence-electron chi connectivity index (χ1n) is 15.4. The van der Waals surface area contributed by atoms with E-state index in [-0.39, 0.29) is 28.4 Å². The van der Waals surface area contributed by atoms with Gasteiger partial charge in [0.05, 0.1) is 31.8 Å². The number of carbonyl (C=O) groups excluding carboxylic acids is 2. The lowest BCUT2D eigenvalue weighted by Crippen LogP contribution is -2.41. The highest BCUT2D eigenvalue weighted by atomic mass is 32.2. The number of hydrogen-bond donors (Lipinski definition) is 4. The van der Waals surface area contributed by atoms with Crippen molar-refractivity contribution >= 4 is 69.3 Å². The summed E-state index contributed by atoms with van der Waals surface area (Å²) >= 11 is 0. The number of nitrogens with zero attached hydrogens (tertiary/aromatic N) is 3. The molecule has 0 atom stereocenters. The van der Waals surface area contributed by atoms with Gasteiger partial charge >= 0.3 is 0 Å². The summed E-state index contributed by atoms with van der Waals surface area (Å²) in [5.41, 5.74) is 0.129. The quantitative estimate of drug-likeness (QED) is 0.0936. The average Bonchev–Trinajstić information content (AvgIpc) is 3.44. The van der Waals surface area contributed by atoms with Crippen molar-refractivity contribution in [3.8, 4) is 0 Å². The van der Waals surface area contributed by atoms with E-state index in [1.807, 2.05) is 0 Å². The first kappa shape index (κ1) is 40.2. The predicted molar refractivity (Wildman–Crippen MR) is 195 cm³/mol. The minimum atomic E-state index is -4.59. The Bertz CT molecular complexity index is 2520. The highest BCUT2D eigenvalue weighted by Crippen LogP contribution is 2.48. The van der Waals surface area contributed by atoms with Crippen LogP contribution in [0.15, 0.2) is 129 Å². The fourth-order valence-corrected chi connectivity index (χ4v) is 7.70. The molecule has 0 spiro atoms. The number of hydrogen-bond acceptors (Lipinski definition) is 11. The molecule has 17 nitrogen and oxygen atoms in total. The van der Waals surface area contributed by atoms with Crippen LogP contribution >= 0.6 is 0 Å². The average molecular weight is 822 g/mol. The molecule has 3 aromatic carbocycles. The summed E-state index contributed by atoms with van der Waals surface area (Å²) in [4.78, 5) is 27.5. The van der Waals surface area contributed by atoms with Crippen LogP contribution in [0, 0.1) is 0 Å². The molecule has 0 aliphatic carbocycles. The minimum absolute atomic E-state index is 0.000872. The van der Waals surface area contributed by atoms with Crippen molar-refractivity contribution < 1.29 is 61.5 Å². The molecule has 3 aromatic rings. The van der Waals surface area contributed by atoms with Gasteiger partial charge in [-0.05, 0) is 84.4 Å². The zero-order chi connectivity index (χ0) is 40.0. The summed E-state index contributed by atoms with van der Waals surface area (Å²) < 4.78 is 131. The van der Waals surface area contributed by atoms with Gasteiger partial charge in [-0.1, -0.05) is 38.2 Å². The zero-order valence-corrected chi connectivity index (χ0v) is 31.3. The molecule has 0 unspecified atom stereocenters. The van der Waals surface area contributed by atoms with Crippen LogP contribution in [0.4, 0.5) is 17.1 Å². The molecule has 0 saturated carbocycles. The van der Waals surface area contributed by atoms with E-state index >= 15 is 0 Å². The Hall–Kier alpha value is -5.00. The fourth-order valence-electron chi connectivity index (χ4n) is 5.82. The largest absolute Gasteiger partial charge is 0.343 e. The van der Waals surface area contributed by atoms with Crippen molar-refractivity contribution in [2.75, 3.05) is 27.2 Å². The van der Waals surface area contributed by atoms with Gasteiger partial charge in [-0.15, -0.1) is 0 Å².